The Balaban J connectivity index is 0.000000233. The molecular weight excluding hydrogens is 1150 g/mol. The molecule has 20 nitrogen and oxygen atoms in total. The molecule has 2 saturated heterocycles. The Morgan fingerprint density at radius 2 is 0.940 bits per heavy atom. The smallest absolute Gasteiger partial charge is 0.338 e. The van der Waals surface area contributed by atoms with Gasteiger partial charge in [0.05, 0.1) is 34.6 Å². The van der Waals surface area contributed by atoms with Crippen LogP contribution in [-0.2, 0) is 39.8 Å². The van der Waals surface area contributed by atoms with E-state index >= 15 is 8.78 Å². The molecule has 4 aromatic carbocycles. The number of alkyl halides is 2. The van der Waals surface area contributed by atoms with Crippen LogP contribution in [0.3, 0.4) is 0 Å². The molecule has 434 valence electrons. The van der Waals surface area contributed by atoms with Crippen LogP contribution in [0.15, 0.2) is 154 Å². The first-order valence-corrected chi connectivity index (χ1v) is 29.4. The fraction of sp³-hybridized carbons (Fsp3) is 0.316. The van der Waals surface area contributed by atoms with Gasteiger partial charge in [0, 0.05) is 0 Å². The second kappa shape index (κ2) is 26.4. The summed E-state index contributed by atoms with van der Waals surface area (Å²) in [4.78, 5) is 68.9. The maximum absolute atomic E-state index is 17.2. The van der Waals surface area contributed by atoms with E-state index in [0.29, 0.717) is 26.0 Å². The van der Waals surface area contributed by atoms with Crippen molar-refractivity contribution in [1.29, 1.82) is 5.26 Å². The molecule has 0 radical (unpaired) electrons. The molecule has 0 saturated carbocycles. The Hall–Kier alpha value is -7.51. The number of carbonyl (C=O) groups excluding carboxylic acids is 4. The molecular formula is C57H57F2N9O11S4. The lowest BCUT2D eigenvalue weighted by Gasteiger charge is -2.32. The van der Waals surface area contributed by atoms with Gasteiger partial charge in [0.25, 0.3) is 5.79 Å². The van der Waals surface area contributed by atoms with Crippen molar-refractivity contribution in [2.24, 2.45) is 0 Å². The number of thioether (sulfide) groups is 4. The van der Waals surface area contributed by atoms with Crippen LogP contribution in [0.1, 0.15) is 81.5 Å². The van der Waals surface area contributed by atoms with Gasteiger partial charge >= 0.3 is 23.9 Å². The van der Waals surface area contributed by atoms with Crippen LogP contribution in [0, 0.1) is 11.3 Å². The molecule has 0 bridgehead atoms. The van der Waals surface area contributed by atoms with E-state index in [1.165, 1.54) is 92.7 Å². The maximum Gasteiger partial charge on any atom is 0.338 e. The zero-order valence-corrected chi connectivity index (χ0v) is 47.1. The zero-order valence-electron chi connectivity index (χ0n) is 43.9. The summed E-state index contributed by atoms with van der Waals surface area (Å²) < 4.78 is 70.8. The fourth-order valence-corrected chi connectivity index (χ4v) is 10.9. The van der Waals surface area contributed by atoms with Crippen LogP contribution in [0.25, 0.3) is 11.3 Å². The Morgan fingerprint density at radius 3 is 1.33 bits per heavy atom. The number of benzene rings is 4. The maximum atomic E-state index is 17.2. The third-order valence-electron chi connectivity index (χ3n) is 13.2. The number of halogens is 2. The minimum absolute atomic E-state index is 0. The molecule has 2 aliphatic heterocycles. The van der Waals surface area contributed by atoms with Gasteiger partial charge in [-0.15, -0.1) is 33.7 Å². The first-order chi connectivity index (χ1) is 38.9. The van der Waals surface area contributed by atoms with Crippen molar-refractivity contribution in [3.63, 3.8) is 0 Å². The normalized spacial score (nSPS) is 23.4. The van der Waals surface area contributed by atoms with Gasteiger partial charge in [0.1, 0.15) is 52.9 Å². The lowest BCUT2D eigenvalue weighted by atomic mass is 9.82. The molecule has 4 aromatic heterocycles. The summed E-state index contributed by atoms with van der Waals surface area (Å²) in [5.41, 5.74) is -6.42. The SMILES string of the molecule is C.C.CSc1nc(SC)c2ncc(C3(C#N)O[C@H](COC(=O)c4ccccc4)[C@@H](OC(=O)c4ccccc4)[C@@]3(C)F)n2n1.CSc1nc(SC)c2ncc(C3(O)O[C@H](COC(=O)c4ccccc4)[C@@H](OC(=O)c4ccccc4)[C@@]3(C)F)n2n1. The van der Waals surface area contributed by atoms with E-state index < -0.39 is 84.2 Å². The van der Waals surface area contributed by atoms with Crippen molar-refractivity contribution in [2.75, 3.05) is 38.2 Å². The first kappa shape index (κ1) is 63.1. The number of imidazole rings is 2. The van der Waals surface area contributed by atoms with Crippen LogP contribution in [-0.4, -0.2) is 142 Å². The number of hydrogen-bond donors (Lipinski definition) is 1. The highest BCUT2D eigenvalue weighted by Gasteiger charge is 2.70. The van der Waals surface area contributed by atoms with Crippen LogP contribution in [0.2, 0.25) is 0 Å². The Bertz CT molecular complexity index is 3640. The Labute approximate surface area is 493 Å². The van der Waals surface area contributed by atoms with Gasteiger partial charge in [0.15, 0.2) is 29.2 Å². The van der Waals surface area contributed by atoms with Crippen molar-refractivity contribution in [1.82, 2.24) is 39.2 Å². The number of nitrogens with zero attached hydrogens (tertiary/aromatic N) is 9. The monoisotopic (exact) mass is 1210 g/mol. The summed E-state index contributed by atoms with van der Waals surface area (Å²) >= 11 is 5.14. The second-order valence-corrected chi connectivity index (χ2v) is 21.3. The highest BCUT2D eigenvalue weighted by atomic mass is 32.2. The van der Waals surface area contributed by atoms with Crippen molar-refractivity contribution >= 4 is 82.2 Å². The molecule has 0 aliphatic carbocycles. The first-order valence-electron chi connectivity index (χ1n) is 24.5. The summed E-state index contributed by atoms with van der Waals surface area (Å²) in [6, 6.07) is 34.4. The summed E-state index contributed by atoms with van der Waals surface area (Å²) in [5, 5.41) is 32.9. The van der Waals surface area contributed by atoms with Gasteiger partial charge in [0.2, 0.25) is 21.6 Å². The van der Waals surface area contributed by atoms with Gasteiger partial charge in [-0.1, -0.05) is 111 Å². The molecule has 2 fully saturated rings. The lowest BCUT2D eigenvalue weighted by Crippen LogP contribution is -2.51. The van der Waals surface area contributed by atoms with Crippen LogP contribution >= 0.6 is 47.0 Å². The molecule has 10 rings (SSSR count). The summed E-state index contributed by atoms with van der Waals surface area (Å²) in [6.07, 6.45) is 3.64. The largest absolute Gasteiger partial charge is 0.459 e. The highest BCUT2D eigenvalue weighted by molar-refractivity contribution is 7.99. The summed E-state index contributed by atoms with van der Waals surface area (Å²) in [5.74, 6) is -5.74. The average molecular weight is 1210 g/mol. The number of rotatable bonds is 16. The van der Waals surface area contributed by atoms with E-state index in [2.05, 4.69) is 30.1 Å². The van der Waals surface area contributed by atoms with Crippen molar-refractivity contribution in [3.05, 3.63) is 167 Å². The Kier molecular flexibility index (Phi) is 20.0. The van der Waals surface area contributed by atoms with Gasteiger partial charge in [-0.3, -0.25) is 0 Å². The topological polar surface area (TPSA) is 254 Å². The quantitative estimate of drug-likeness (QED) is 0.0536. The second-order valence-electron chi connectivity index (χ2n) is 18.2. The molecule has 2 aliphatic rings. The van der Waals surface area contributed by atoms with E-state index in [1.54, 1.807) is 116 Å². The molecule has 26 heteroatoms. The Morgan fingerprint density at radius 1 is 0.578 bits per heavy atom. The summed E-state index contributed by atoms with van der Waals surface area (Å²) in [6.45, 7) is 1.16. The standard InChI is InChI=1S/C28H24FN5O5S2.C27H25FN4O6S2.2CH4/c1-27(29)21(38-25(36)18-12-8-5-9-13-18)19(15-37-24(35)17-10-6-4-7-11-17)39-28(27,16-30)20-14-31-22-23(40-2)32-26(41-3)33-34(20)22;1-26(28)20(37-24(34)17-12-8-5-9-13-17)18(15-36-23(33)16-10-6-4-7-11-16)38-27(26,35)19-14-29-21-22(39-2)30-25(40-3)31-32(19)21;;/h4-14,19,21H,15H2,1-3H3;4-14,18,20,35H,15H2,1-3H3;2*1H4/t19-,21-,27-,28?;18-,20-,26-,27?;;/m11../s1. The number of nitriles is 1. The molecule has 8 atom stereocenters. The van der Waals surface area contributed by atoms with E-state index in [9.17, 15) is 29.5 Å². The number of fused-ring (bicyclic) bond motifs is 2. The predicted octanol–water partition coefficient (Wildman–Crippen LogP) is 9.69. The van der Waals surface area contributed by atoms with Crippen LogP contribution < -0.4 is 0 Å². The number of carbonyl (C=O) groups is 4. The molecule has 2 unspecified atom stereocenters. The van der Waals surface area contributed by atoms with E-state index in [4.69, 9.17) is 28.4 Å². The molecule has 6 heterocycles. The van der Waals surface area contributed by atoms with Gasteiger partial charge in [-0.05, 0) is 87.4 Å². The predicted molar refractivity (Wildman–Crippen MR) is 307 cm³/mol. The van der Waals surface area contributed by atoms with E-state index in [-0.39, 0.29) is 54.1 Å². The van der Waals surface area contributed by atoms with Crippen LogP contribution in [0.5, 0.6) is 0 Å². The molecule has 0 amide bonds. The fourth-order valence-electron chi connectivity index (χ4n) is 9.06. The lowest BCUT2D eigenvalue weighted by molar-refractivity contribution is -0.256. The number of esters is 4. The van der Waals surface area contributed by atoms with Crippen LogP contribution in [0.4, 0.5) is 8.78 Å². The highest BCUT2D eigenvalue weighted by Crippen LogP contribution is 2.52. The minimum atomic E-state index is -2.73. The van der Waals surface area contributed by atoms with E-state index in [1.807, 2.05) is 12.3 Å². The van der Waals surface area contributed by atoms with Gasteiger partial charge in [-0.2, -0.15) is 5.26 Å². The van der Waals surface area contributed by atoms with Gasteiger partial charge in [-0.25, -0.2) is 56.9 Å². The number of ether oxygens (including phenoxy) is 6. The minimum Gasteiger partial charge on any atom is -0.459 e. The zero-order chi connectivity index (χ0) is 57.7. The molecule has 1 N–H and O–H groups in total. The van der Waals surface area contributed by atoms with Gasteiger partial charge < -0.3 is 33.5 Å². The van der Waals surface area contributed by atoms with E-state index in [0.717, 1.165) is 13.8 Å². The number of aliphatic hydroxyl groups is 1. The molecule has 8 aromatic rings. The number of hydrogen-bond acceptors (Lipinski definition) is 22. The van der Waals surface area contributed by atoms with Crippen molar-refractivity contribution in [3.8, 4) is 6.07 Å². The van der Waals surface area contributed by atoms with Crippen molar-refractivity contribution < 1.29 is 61.5 Å². The third kappa shape index (κ3) is 12.1. The van der Waals surface area contributed by atoms with Crippen molar-refractivity contribution in [2.45, 2.75) is 96.2 Å². The number of aromatic nitrogens is 8. The third-order valence-corrected chi connectivity index (χ3v) is 15.6. The molecule has 0 spiro atoms. The molecule has 83 heavy (non-hydrogen) atoms. The summed E-state index contributed by atoms with van der Waals surface area (Å²) in [7, 11) is 0. The average Bonchev–Trinajstić information content (AvgIpc) is 2.87.